The molecule has 0 spiro atoms. The van der Waals surface area contributed by atoms with E-state index >= 15 is 0 Å². The molecule has 0 saturated heterocycles. The summed E-state index contributed by atoms with van der Waals surface area (Å²) >= 11 is 0. The van der Waals surface area contributed by atoms with Crippen LogP contribution in [0.15, 0.2) is 30.3 Å². The van der Waals surface area contributed by atoms with Gasteiger partial charge in [0.15, 0.2) is 0 Å². The molecule has 0 radical (unpaired) electrons. The average molecular weight is 274 g/mol. The predicted molar refractivity (Wildman–Crippen MR) is 80.9 cm³/mol. The van der Waals surface area contributed by atoms with Crippen molar-refractivity contribution in [1.29, 1.82) is 0 Å². The van der Waals surface area contributed by atoms with Gasteiger partial charge in [0.25, 0.3) is 0 Å². The number of carbonyl (C=O) groups is 1. The van der Waals surface area contributed by atoms with Crippen molar-refractivity contribution in [3.05, 3.63) is 35.9 Å². The summed E-state index contributed by atoms with van der Waals surface area (Å²) in [5, 5.41) is 12.5. The maximum absolute atomic E-state index is 11.7. The number of hydrogen-bond acceptors (Lipinski definition) is 3. The molecule has 0 aliphatic heterocycles. The topological polar surface area (TPSA) is 75.4 Å². The van der Waals surface area contributed by atoms with Gasteiger partial charge in [0.2, 0.25) is 5.91 Å². The van der Waals surface area contributed by atoms with Crippen molar-refractivity contribution in [2.75, 3.05) is 12.3 Å². The van der Waals surface area contributed by atoms with Gasteiger partial charge in [-0.05, 0) is 49.0 Å². The standard InChI is InChI=1S/C16H22N2O2/c17-14-7-4-12(5-8-14)6-9-16(20)18-11-13-2-1-3-15(19)10-13/h4-9,13,15,19H,1-3,10-11,17H2,(H,18,20)/b9-6+. The third-order valence-corrected chi connectivity index (χ3v) is 3.68. The molecule has 1 aliphatic rings. The molecule has 2 atom stereocenters. The fourth-order valence-corrected chi connectivity index (χ4v) is 2.53. The summed E-state index contributed by atoms with van der Waals surface area (Å²) in [5.74, 6) is 0.300. The molecule has 1 fully saturated rings. The summed E-state index contributed by atoms with van der Waals surface area (Å²) in [7, 11) is 0. The van der Waals surface area contributed by atoms with E-state index in [1.807, 2.05) is 12.1 Å². The molecule has 1 amide bonds. The lowest BCUT2D eigenvalue weighted by Crippen LogP contribution is -2.32. The van der Waals surface area contributed by atoms with E-state index in [1.54, 1.807) is 18.2 Å². The molecule has 0 aromatic heterocycles. The van der Waals surface area contributed by atoms with Crippen LogP contribution in [0, 0.1) is 5.92 Å². The van der Waals surface area contributed by atoms with Gasteiger partial charge in [-0.2, -0.15) is 0 Å². The maximum atomic E-state index is 11.7. The number of nitrogens with two attached hydrogens (primary N) is 1. The molecule has 1 saturated carbocycles. The zero-order valence-electron chi connectivity index (χ0n) is 11.6. The van der Waals surface area contributed by atoms with Gasteiger partial charge in [-0.3, -0.25) is 4.79 Å². The van der Waals surface area contributed by atoms with Crippen LogP contribution in [-0.4, -0.2) is 23.7 Å². The number of hydrogen-bond donors (Lipinski definition) is 3. The summed E-state index contributed by atoms with van der Waals surface area (Å²) in [6, 6.07) is 7.36. The van der Waals surface area contributed by atoms with E-state index in [1.165, 1.54) is 6.08 Å². The molecule has 4 N–H and O–H groups in total. The SMILES string of the molecule is Nc1ccc(/C=C/C(=O)NCC2CCCC(O)C2)cc1. The van der Waals surface area contributed by atoms with Crippen molar-refractivity contribution in [2.45, 2.75) is 31.8 Å². The van der Waals surface area contributed by atoms with Gasteiger partial charge < -0.3 is 16.2 Å². The number of nitrogen functional groups attached to an aromatic ring is 1. The van der Waals surface area contributed by atoms with Crippen LogP contribution < -0.4 is 11.1 Å². The fourth-order valence-electron chi connectivity index (χ4n) is 2.53. The second-order valence-electron chi connectivity index (χ2n) is 5.43. The minimum absolute atomic E-state index is 0.0955. The molecule has 108 valence electrons. The summed E-state index contributed by atoms with van der Waals surface area (Å²) in [6.45, 7) is 0.641. The molecule has 2 rings (SSSR count). The van der Waals surface area contributed by atoms with Crippen LogP contribution >= 0.6 is 0 Å². The van der Waals surface area contributed by atoms with E-state index in [4.69, 9.17) is 5.73 Å². The molecule has 20 heavy (non-hydrogen) atoms. The molecular formula is C16H22N2O2. The summed E-state index contributed by atoms with van der Waals surface area (Å²) in [5.41, 5.74) is 7.26. The minimum Gasteiger partial charge on any atom is -0.399 e. The van der Waals surface area contributed by atoms with Crippen LogP contribution in [0.25, 0.3) is 6.08 Å². The Morgan fingerprint density at radius 2 is 2.10 bits per heavy atom. The first-order valence-electron chi connectivity index (χ1n) is 7.13. The number of carbonyl (C=O) groups excluding carboxylic acids is 1. The molecule has 4 nitrogen and oxygen atoms in total. The van der Waals surface area contributed by atoms with Gasteiger partial charge in [0, 0.05) is 18.3 Å². The van der Waals surface area contributed by atoms with E-state index in [0.717, 1.165) is 31.2 Å². The first-order valence-corrected chi connectivity index (χ1v) is 7.13. The minimum atomic E-state index is -0.198. The number of aliphatic hydroxyl groups is 1. The number of aliphatic hydroxyl groups excluding tert-OH is 1. The van der Waals surface area contributed by atoms with Crippen molar-refractivity contribution in [3.8, 4) is 0 Å². The van der Waals surface area contributed by atoms with Gasteiger partial charge in [-0.15, -0.1) is 0 Å². The normalized spacial score (nSPS) is 22.9. The van der Waals surface area contributed by atoms with Crippen LogP contribution in [0.5, 0.6) is 0 Å². The number of benzene rings is 1. The van der Waals surface area contributed by atoms with Gasteiger partial charge >= 0.3 is 0 Å². The highest BCUT2D eigenvalue weighted by atomic mass is 16.3. The van der Waals surface area contributed by atoms with E-state index in [0.29, 0.717) is 18.2 Å². The third kappa shape index (κ3) is 4.70. The Kier molecular flexibility index (Phi) is 5.18. The Bertz CT molecular complexity index is 468. The van der Waals surface area contributed by atoms with Crippen molar-refractivity contribution in [1.82, 2.24) is 5.32 Å². The molecule has 4 heteroatoms. The zero-order valence-corrected chi connectivity index (χ0v) is 11.6. The molecule has 2 unspecified atom stereocenters. The first-order chi connectivity index (χ1) is 9.63. The van der Waals surface area contributed by atoms with Crippen molar-refractivity contribution < 1.29 is 9.90 Å². The Labute approximate surface area is 119 Å². The van der Waals surface area contributed by atoms with Gasteiger partial charge in [0.05, 0.1) is 6.10 Å². The van der Waals surface area contributed by atoms with E-state index in [-0.39, 0.29) is 12.0 Å². The third-order valence-electron chi connectivity index (χ3n) is 3.68. The number of amides is 1. The molecular weight excluding hydrogens is 252 g/mol. The van der Waals surface area contributed by atoms with Gasteiger partial charge in [-0.1, -0.05) is 18.6 Å². The summed E-state index contributed by atoms with van der Waals surface area (Å²) < 4.78 is 0. The Morgan fingerprint density at radius 1 is 1.35 bits per heavy atom. The Balaban J connectivity index is 1.76. The quantitative estimate of drug-likeness (QED) is 0.580. The second-order valence-corrected chi connectivity index (χ2v) is 5.43. The molecule has 1 aliphatic carbocycles. The van der Waals surface area contributed by atoms with E-state index in [9.17, 15) is 9.90 Å². The van der Waals surface area contributed by atoms with Gasteiger partial charge in [0.1, 0.15) is 0 Å². The smallest absolute Gasteiger partial charge is 0.244 e. The Hall–Kier alpha value is -1.81. The first kappa shape index (κ1) is 14.6. The van der Waals surface area contributed by atoms with Gasteiger partial charge in [-0.25, -0.2) is 0 Å². The lowest BCUT2D eigenvalue weighted by molar-refractivity contribution is -0.116. The van der Waals surface area contributed by atoms with Crippen LogP contribution in [0.3, 0.4) is 0 Å². The number of nitrogens with one attached hydrogen (secondary N) is 1. The molecule has 1 aromatic carbocycles. The predicted octanol–water partition coefficient (Wildman–Crippen LogP) is 1.95. The monoisotopic (exact) mass is 274 g/mol. The maximum Gasteiger partial charge on any atom is 0.244 e. The van der Waals surface area contributed by atoms with E-state index < -0.39 is 0 Å². The van der Waals surface area contributed by atoms with Crippen molar-refractivity contribution in [2.24, 2.45) is 5.92 Å². The molecule has 0 bridgehead atoms. The number of anilines is 1. The second kappa shape index (κ2) is 7.10. The molecule has 1 aromatic rings. The lowest BCUT2D eigenvalue weighted by Gasteiger charge is -2.25. The van der Waals surface area contributed by atoms with Crippen LogP contribution in [-0.2, 0) is 4.79 Å². The zero-order chi connectivity index (χ0) is 14.4. The lowest BCUT2D eigenvalue weighted by atomic mass is 9.87. The largest absolute Gasteiger partial charge is 0.399 e. The highest BCUT2D eigenvalue weighted by Gasteiger charge is 2.19. The average Bonchev–Trinajstić information content (AvgIpc) is 2.45. The van der Waals surface area contributed by atoms with E-state index in [2.05, 4.69) is 5.32 Å². The highest BCUT2D eigenvalue weighted by Crippen LogP contribution is 2.23. The summed E-state index contributed by atoms with van der Waals surface area (Å²) in [4.78, 5) is 11.7. The molecule has 0 heterocycles. The van der Waals surface area contributed by atoms with Crippen LogP contribution in [0.4, 0.5) is 5.69 Å². The fraction of sp³-hybridized carbons (Fsp3) is 0.438. The van der Waals surface area contributed by atoms with Crippen LogP contribution in [0.2, 0.25) is 0 Å². The summed E-state index contributed by atoms with van der Waals surface area (Å²) in [6.07, 6.45) is 6.91. The van der Waals surface area contributed by atoms with Crippen LogP contribution in [0.1, 0.15) is 31.2 Å². The highest BCUT2D eigenvalue weighted by molar-refractivity contribution is 5.91. The van der Waals surface area contributed by atoms with Crippen molar-refractivity contribution in [3.63, 3.8) is 0 Å². The Morgan fingerprint density at radius 3 is 2.80 bits per heavy atom. The number of rotatable bonds is 4. The van der Waals surface area contributed by atoms with Crippen molar-refractivity contribution >= 4 is 17.7 Å².